The van der Waals surface area contributed by atoms with Crippen LogP contribution in [0.3, 0.4) is 0 Å². The molecular formula is C16H20N2O3. The lowest BCUT2D eigenvalue weighted by Crippen LogP contribution is -2.50. The lowest BCUT2D eigenvalue weighted by Gasteiger charge is -2.34. The molecule has 2 unspecified atom stereocenters. The molecule has 5 heteroatoms. The van der Waals surface area contributed by atoms with Crippen LogP contribution in [0, 0.1) is 5.92 Å². The van der Waals surface area contributed by atoms with E-state index < -0.39 is 12.0 Å². The third-order valence-electron chi connectivity index (χ3n) is 4.54. The van der Waals surface area contributed by atoms with Gasteiger partial charge in [0, 0.05) is 18.8 Å². The number of carbonyl (C=O) groups excluding carboxylic acids is 1. The first-order valence-corrected chi connectivity index (χ1v) is 7.48. The number of carboxylic acids is 1. The van der Waals surface area contributed by atoms with Gasteiger partial charge in [-0.2, -0.15) is 0 Å². The van der Waals surface area contributed by atoms with E-state index in [-0.39, 0.29) is 11.9 Å². The number of aliphatic carboxylic acids is 1. The Labute approximate surface area is 124 Å². The zero-order valence-corrected chi connectivity index (χ0v) is 12.2. The number of rotatable bonds is 1. The number of carboxylic acid groups (broad SMARTS) is 1. The molecule has 1 fully saturated rings. The smallest absolute Gasteiger partial charge is 0.326 e. The van der Waals surface area contributed by atoms with Gasteiger partial charge in [0.25, 0.3) is 0 Å². The van der Waals surface area contributed by atoms with Crippen molar-refractivity contribution in [3.05, 3.63) is 29.8 Å². The van der Waals surface area contributed by atoms with Gasteiger partial charge < -0.3 is 10.0 Å². The largest absolute Gasteiger partial charge is 0.480 e. The predicted molar refractivity (Wildman–Crippen MR) is 79.4 cm³/mol. The van der Waals surface area contributed by atoms with E-state index in [9.17, 15) is 14.7 Å². The van der Waals surface area contributed by atoms with Crippen LogP contribution in [0.15, 0.2) is 24.3 Å². The van der Waals surface area contributed by atoms with Gasteiger partial charge in [0.1, 0.15) is 6.04 Å². The maximum absolute atomic E-state index is 12.8. The van der Waals surface area contributed by atoms with E-state index in [1.165, 1.54) is 4.90 Å². The van der Waals surface area contributed by atoms with Crippen molar-refractivity contribution >= 4 is 17.7 Å². The van der Waals surface area contributed by atoms with E-state index in [0.29, 0.717) is 13.1 Å². The van der Waals surface area contributed by atoms with Gasteiger partial charge in [0.05, 0.1) is 0 Å². The minimum absolute atomic E-state index is 0.00600. The molecule has 3 rings (SSSR count). The van der Waals surface area contributed by atoms with Crippen molar-refractivity contribution in [2.45, 2.75) is 32.2 Å². The summed E-state index contributed by atoms with van der Waals surface area (Å²) in [4.78, 5) is 27.5. The second-order valence-corrected chi connectivity index (χ2v) is 5.91. The van der Waals surface area contributed by atoms with Crippen LogP contribution in [0.4, 0.5) is 10.5 Å². The van der Waals surface area contributed by atoms with E-state index >= 15 is 0 Å². The highest BCUT2D eigenvalue weighted by molar-refractivity contribution is 5.96. The maximum Gasteiger partial charge on any atom is 0.326 e. The number of carbonyl (C=O) groups is 2. The Balaban J connectivity index is 1.88. The minimum atomic E-state index is -0.904. The van der Waals surface area contributed by atoms with Crippen LogP contribution >= 0.6 is 0 Å². The quantitative estimate of drug-likeness (QED) is 0.863. The summed E-state index contributed by atoms with van der Waals surface area (Å²) >= 11 is 0. The molecule has 1 aromatic carbocycles. The second-order valence-electron chi connectivity index (χ2n) is 5.91. The van der Waals surface area contributed by atoms with E-state index in [1.807, 2.05) is 31.2 Å². The highest BCUT2D eigenvalue weighted by Crippen LogP contribution is 2.31. The molecule has 0 bridgehead atoms. The Morgan fingerprint density at radius 3 is 2.76 bits per heavy atom. The molecule has 2 heterocycles. The summed E-state index contributed by atoms with van der Waals surface area (Å²) in [6, 6.07) is 7.01. The lowest BCUT2D eigenvalue weighted by atomic mass is 10.0. The molecule has 0 aromatic heterocycles. The summed E-state index contributed by atoms with van der Waals surface area (Å²) in [5, 5.41) is 9.38. The monoisotopic (exact) mass is 288 g/mol. The van der Waals surface area contributed by atoms with Crippen LogP contribution in [0.25, 0.3) is 0 Å². The number of para-hydroxylation sites is 1. The number of likely N-dealkylation sites (tertiary alicyclic amines) is 1. The standard InChI is InChI=1S/C16H20N2O3/c1-11-8-10-18(14(11)15(19)20)16(21)17-9-4-6-12-5-2-3-7-13(12)17/h2-3,5,7,11,14H,4,6,8-10H2,1H3,(H,19,20). The summed E-state index contributed by atoms with van der Waals surface area (Å²) in [7, 11) is 0. The average molecular weight is 288 g/mol. The molecule has 0 aliphatic carbocycles. The van der Waals surface area contributed by atoms with Crippen LogP contribution in [-0.4, -0.2) is 41.1 Å². The Morgan fingerprint density at radius 2 is 2.00 bits per heavy atom. The topological polar surface area (TPSA) is 60.9 Å². The van der Waals surface area contributed by atoms with E-state index in [2.05, 4.69) is 0 Å². The van der Waals surface area contributed by atoms with Gasteiger partial charge in [-0.05, 0) is 36.8 Å². The van der Waals surface area contributed by atoms with Crippen LogP contribution in [0.5, 0.6) is 0 Å². The van der Waals surface area contributed by atoms with Crippen molar-refractivity contribution in [3.63, 3.8) is 0 Å². The number of aryl methyl sites for hydroxylation is 1. The third-order valence-corrected chi connectivity index (χ3v) is 4.54. The molecule has 0 radical (unpaired) electrons. The number of fused-ring (bicyclic) bond motifs is 1. The second kappa shape index (κ2) is 5.39. The van der Waals surface area contributed by atoms with Gasteiger partial charge in [0.15, 0.2) is 0 Å². The number of nitrogens with zero attached hydrogens (tertiary/aromatic N) is 2. The molecule has 112 valence electrons. The molecule has 2 amide bonds. The molecule has 5 nitrogen and oxygen atoms in total. The number of hydrogen-bond acceptors (Lipinski definition) is 2. The predicted octanol–water partition coefficient (Wildman–Crippen LogP) is 2.35. The molecule has 1 N–H and O–H groups in total. The molecule has 1 saturated heterocycles. The first-order valence-electron chi connectivity index (χ1n) is 7.48. The number of amides is 2. The van der Waals surface area contributed by atoms with Crippen LogP contribution in [0.1, 0.15) is 25.3 Å². The first-order chi connectivity index (χ1) is 10.1. The summed E-state index contributed by atoms with van der Waals surface area (Å²) in [5.74, 6) is -0.898. The Hall–Kier alpha value is -2.04. The fourth-order valence-electron chi connectivity index (χ4n) is 3.43. The van der Waals surface area contributed by atoms with Gasteiger partial charge in [-0.15, -0.1) is 0 Å². The number of benzene rings is 1. The Bertz CT molecular complexity index is 572. The van der Waals surface area contributed by atoms with E-state index in [4.69, 9.17) is 0 Å². The fraction of sp³-hybridized carbons (Fsp3) is 0.500. The van der Waals surface area contributed by atoms with Crippen molar-refractivity contribution < 1.29 is 14.7 Å². The summed E-state index contributed by atoms with van der Waals surface area (Å²) < 4.78 is 0. The SMILES string of the molecule is CC1CCN(C(=O)N2CCCc3ccccc32)C1C(=O)O. The average Bonchev–Trinajstić information content (AvgIpc) is 2.88. The van der Waals surface area contributed by atoms with Crippen molar-refractivity contribution in [2.24, 2.45) is 5.92 Å². The highest BCUT2D eigenvalue weighted by atomic mass is 16.4. The lowest BCUT2D eigenvalue weighted by molar-refractivity contribution is -0.142. The molecule has 21 heavy (non-hydrogen) atoms. The van der Waals surface area contributed by atoms with Gasteiger partial charge in [-0.1, -0.05) is 25.1 Å². The van der Waals surface area contributed by atoms with Crippen molar-refractivity contribution in [1.29, 1.82) is 0 Å². The molecule has 0 saturated carbocycles. The molecule has 1 aromatic rings. The molecule has 0 spiro atoms. The van der Waals surface area contributed by atoms with Crippen molar-refractivity contribution in [1.82, 2.24) is 4.90 Å². The maximum atomic E-state index is 12.8. The van der Waals surface area contributed by atoms with Crippen molar-refractivity contribution in [3.8, 4) is 0 Å². The van der Waals surface area contributed by atoms with Crippen molar-refractivity contribution in [2.75, 3.05) is 18.0 Å². The van der Waals surface area contributed by atoms with Crippen LogP contribution in [0.2, 0.25) is 0 Å². The van der Waals surface area contributed by atoms with Gasteiger partial charge in [-0.25, -0.2) is 9.59 Å². The van der Waals surface area contributed by atoms with Crippen LogP contribution in [-0.2, 0) is 11.2 Å². The zero-order chi connectivity index (χ0) is 15.0. The molecular weight excluding hydrogens is 268 g/mol. The molecule has 2 aliphatic rings. The Kier molecular flexibility index (Phi) is 3.57. The third kappa shape index (κ3) is 2.37. The number of hydrogen-bond donors (Lipinski definition) is 1. The molecule has 2 aliphatic heterocycles. The summed E-state index contributed by atoms with van der Waals surface area (Å²) in [6.07, 6.45) is 2.64. The fourth-order valence-corrected chi connectivity index (χ4v) is 3.43. The molecule has 2 atom stereocenters. The number of urea groups is 1. The van der Waals surface area contributed by atoms with Gasteiger partial charge in [-0.3, -0.25) is 4.90 Å². The minimum Gasteiger partial charge on any atom is -0.480 e. The van der Waals surface area contributed by atoms with E-state index in [0.717, 1.165) is 30.5 Å². The zero-order valence-electron chi connectivity index (χ0n) is 12.2. The van der Waals surface area contributed by atoms with E-state index in [1.54, 1.807) is 4.90 Å². The first kappa shape index (κ1) is 13.9. The normalized spacial score (nSPS) is 24.8. The summed E-state index contributed by atoms with van der Waals surface area (Å²) in [5.41, 5.74) is 2.09. The Morgan fingerprint density at radius 1 is 1.24 bits per heavy atom. The van der Waals surface area contributed by atoms with Crippen LogP contribution < -0.4 is 4.90 Å². The van der Waals surface area contributed by atoms with Gasteiger partial charge in [0.2, 0.25) is 0 Å². The van der Waals surface area contributed by atoms with Gasteiger partial charge >= 0.3 is 12.0 Å². The highest BCUT2D eigenvalue weighted by Gasteiger charge is 2.41. The summed E-state index contributed by atoms with van der Waals surface area (Å²) in [6.45, 7) is 3.08. The number of anilines is 1.